The molecule has 0 radical (unpaired) electrons. The van der Waals surface area contributed by atoms with E-state index in [2.05, 4.69) is 39.2 Å². The Morgan fingerprint density at radius 2 is 1.67 bits per heavy atom. The normalized spacial score (nSPS) is 18.8. The Hall–Kier alpha value is -4.92. The molecule has 5 heterocycles. The van der Waals surface area contributed by atoms with Gasteiger partial charge in [0.25, 0.3) is 11.8 Å². The minimum absolute atomic E-state index is 0.0708. The summed E-state index contributed by atoms with van der Waals surface area (Å²) in [5.41, 5.74) is 4.42. The van der Waals surface area contributed by atoms with Gasteiger partial charge >= 0.3 is 0 Å². The summed E-state index contributed by atoms with van der Waals surface area (Å²) in [5, 5.41) is 26.4. The Morgan fingerprint density at radius 3 is 2.40 bits per heavy atom. The van der Waals surface area contributed by atoms with Gasteiger partial charge in [0.15, 0.2) is 5.82 Å². The highest BCUT2D eigenvalue weighted by molar-refractivity contribution is 7.15. The number of hydrogen-bond donors (Lipinski definition) is 3. The van der Waals surface area contributed by atoms with E-state index in [-0.39, 0.29) is 42.2 Å². The smallest absolute Gasteiger partial charge is 0.265 e. The molecule has 13 nitrogen and oxygen atoms in total. The molecule has 300 valence electrons. The third-order valence-corrected chi connectivity index (χ3v) is 12.4. The van der Waals surface area contributed by atoms with Crippen LogP contribution in [0.1, 0.15) is 131 Å². The first-order valence-electron chi connectivity index (χ1n) is 19.8. The number of aliphatic imine (C=N–C) groups is 1. The van der Waals surface area contributed by atoms with Crippen LogP contribution in [0.2, 0.25) is 5.02 Å². The number of aliphatic hydroxyl groups is 1. The minimum atomic E-state index is -1.30. The van der Waals surface area contributed by atoms with Crippen LogP contribution in [0.25, 0.3) is 5.00 Å². The molecule has 3 aliphatic rings. The molecule has 15 heteroatoms. The zero-order chi connectivity index (χ0) is 40.2. The number of hydrogen-bond acceptors (Lipinski definition) is 10. The molecule has 3 N–H and O–H groups in total. The lowest BCUT2D eigenvalue weighted by Gasteiger charge is -2.33. The number of amides is 4. The predicted molar refractivity (Wildman–Crippen MR) is 217 cm³/mol. The molecular weight excluding hydrogens is 766 g/mol. The van der Waals surface area contributed by atoms with E-state index < -0.39 is 30.1 Å². The van der Waals surface area contributed by atoms with Gasteiger partial charge in [-0.05, 0) is 69.9 Å². The van der Waals surface area contributed by atoms with Gasteiger partial charge in [-0.25, -0.2) is 0 Å². The molecule has 2 aromatic heterocycles. The van der Waals surface area contributed by atoms with Crippen molar-refractivity contribution in [3.63, 3.8) is 0 Å². The standard InChI is InChI=1S/C42H48ClN7O6S/c1-24-25(2)57-42-35(24)37(27-15-17-28(43)18-16-27)45-30(38-48-47-26(3)49(38)42)23-34(52)44-21-10-8-6-4-5-7-9-11-22-56-32-14-12-13-29-36(32)41(55)50(40(29)54)31-19-20-33(51)46-39(31)53/h12-18,30-31,39,53H,4-11,19-23H2,1-3H3,(H,44,52)(H,46,51)/t30-,31?,39?/m0/s1. The first-order valence-corrected chi connectivity index (χ1v) is 21.0. The zero-order valence-electron chi connectivity index (χ0n) is 32.5. The molecule has 1 fully saturated rings. The van der Waals surface area contributed by atoms with Crippen LogP contribution in [0.15, 0.2) is 47.5 Å². The topological polar surface area (TPSA) is 168 Å². The van der Waals surface area contributed by atoms with Crippen LogP contribution in [0.4, 0.5) is 0 Å². The van der Waals surface area contributed by atoms with Crippen molar-refractivity contribution < 1.29 is 29.0 Å². The molecule has 2 aromatic carbocycles. The van der Waals surface area contributed by atoms with Crippen LogP contribution < -0.4 is 15.4 Å². The van der Waals surface area contributed by atoms with E-state index >= 15 is 0 Å². The average Bonchev–Trinajstić information content (AvgIpc) is 3.76. The molecule has 3 aliphatic heterocycles. The van der Waals surface area contributed by atoms with Crippen molar-refractivity contribution in [2.24, 2.45) is 4.99 Å². The second-order valence-corrected chi connectivity index (χ2v) is 16.6. The quantitative estimate of drug-likeness (QED) is 0.0830. The SMILES string of the molecule is Cc1sc2c(c1C)C(c1ccc(Cl)cc1)=N[C@@H](CC(=O)NCCCCCCCCCCOc1cccc3c1C(=O)N(C1CCC(=O)NC1O)C3=O)c1nnc(C)n1-2. The zero-order valence-corrected chi connectivity index (χ0v) is 34.0. The van der Waals surface area contributed by atoms with E-state index in [0.717, 1.165) is 89.5 Å². The maximum atomic E-state index is 13.3. The summed E-state index contributed by atoms with van der Waals surface area (Å²) in [6.45, 7) is 7.16. The highest BCUT2D eigenvalue weighted by atomic mass is 35.5. The van der Waals surface area contributed by atoms with Gasteiger partial charge in [0.1, 0.15) is 28.8 Å². The van der Waals surface area contributed by atoms with Crippen LogP contribution in [-0.2, 0) is 9.59 Å². The summed E-state index contributed by atoms with van der Waals surface area (Å²) in [4.78, 5) is 58.7. The molecule has 4 amide bonds. The third-order valence-electron chi connectivity index (χ3n) is 11.0. The Bertz CT molecular complexity index is 2200. The number of carbonyl (C=O) groups excluding carboxylic acids is 4. The van der Waals surface area contributed by atoms with Crippen molar-refractivity contribution >= 4 is 52.3 Å². The fourth-order valence-electron chi connectivity index (χ4n) is 7.81. The fraction of sp³-hybridized carbons (Fsp3) is 0.452. The Balaban J connectivity index is 0.818. The molecule has 0 spiro atoms. The first kappa shape index (κ1) is 40.3. The van der Waals surface area contributed by atoms with Gasteiger partial charge in [-0.1, -0.05) is 68.3 Å². The molecule has 7 rings (SSSR count). The van der Waals surface area contributed by atoms with E-state index in [0.29, 0.717) is 29.7 Å². The van der Waals surface area contributed by atoms with Crippen molar-refractivity contribution in [1.29, 1.82) is 0 Å². The molecule has 1 saturated heterocycles. The van der Waals surface area contributed by atoms with Crippen LogP contribution in [-0.4, -0.2) is 79.5 Å². The molecule has 2 unspecified atom stereocenters. The summed E-state index contributed by atoms with van der Waals surface area (Å²) in [6.07, 6.45) is 7.22. The maximum Gasteiger partial charge on any atom is 0.265 e. The molecule has 0 bridgehead atoms. The lowest BCUT2D eigenvalue weighted by Crippen LogP contribution is -2.57. The van der Waals surface area contributed by atoms with E-state index in [1.807, 2.05) is 31.2 Å². The molecule has 3 atom stereocenters. The third kappa shape index (κ3) is 8.53. The largest absolute Gasteiger partial charge is 0.493 e. The van der Waals surface area contributed by atoms with E-state index in [1.165, 1.54) is 4.88 Å². The fourth-order valence-corrected chi connectivity index (χ4v) is 9.15. The number of unbranched alkanes of at least 4 members (excludes halogenated alkanes) is 7. The number of benzene rings is 2. The monoisotopic (exact) mass is 813 g/mol. The number of aliphatic hydroxyl groups excluding tert-OH is 1. The number of rotatable bonds is 16. The number of thiophene rings is 1. The first-order chi connectivity index (χ1) is 27.5. The minimum Gasteiger partial charge on any atom is -0.493 e. The molecular formula is C42H48ClN7O6S. The highest BCUT2D eigenvalue weighted by Crippen LogP contribution is 2.40. The number of nitrogens with zero attached hydrogens (tertiary/aromatic N) is 5. The summed E-state index contributed by atoms with van der Waals surface area (Å²) >= 11 is 7.91. The van der Waals surface area contributed by atoms with Crippen molar-refractivity contribution in [3.05, 3.63) is 91.8 Å². The van der Waals surface area contributed by atoms with Crippen molar-refractivity contribution in [1.82, 2.24) is 30.3 Å². The summed E-state index contributed by atoms with van der Waals surface area (Å²) in [7, 11) is 0. The lowest BCUT2D eigenvalue weighted by atomic mass is 9.99. The number of fused-ring (bicyclic) bond motifs is 4. The number of aromatic nitrogens is 3. The number of ether oxygens (including phenoxy) is 1. The summed E-state index contributed by atoms with van der Waals surface area (Å²) in [5.74, 6) is 0.408. The van der Waals surface area contributed by atoms with Crippen molar-refractivity contribution in [3.8, 4) is 10.8 Å². The molecule has 0 aliphatic carbocycles. The Kier molecular flexibility index (Phi) is 12.5. The Labute approximate surface area is 340 Å². The van der Waals surface area contributed by atoms with Gasteiger partial charge in [-0.15, -0.1) is 21.5 Å². The van der Waals surface area contributed by atoms with Crippen molar-refractivity contribution in [2.45, 2.75) is 110 Å². The average molecular weight is 814 g/mol. The van der Waals surface area contributed by atoms with Gasteiger partial charge in [0.2, 0.25) is 11.8 Å². The van der Waals surface area contributed by atoms with Gasteiger partial charge in [0, 0.05) is 34.0 Å². The second-order valence-electron chi connectivity index (χ2n) is 14.9. The molecule has 4 aromatic rings. The summed E-state index contributed by atoms with van der Waals surface area (Å²) < 4.78 is 8.03. The summed E-state index contributed by atoms with van der Waals surface area (Å²) in [6, 6.07) is 11.3. The number of carbonyl (C=O) groups is 4. The van der Waals surface area contributed by atoms with Crippen molar-refractivity contribution in [2.75, 3.05) is 13.2 Å². The number of nitrogens with one attached hydrogen (secondary N) is 2. The van der Waals surface area contributed by atoms with Gasteiger partial charge in [-0.3, -0.25) is 33.6 Å². The van der Waals surface area contributed by atoms with Crippen LogP contribution in [0.3, 0.4) is 0 Å². The Morgan fingerprint density at radius 1 is 0.947 bits per heavy atom. The van der Waals surface area contributed by atoms with Gasteiger partial charge < -0.3 is 20.5 Å². The predicted octanol–water partition coefficient (Wildman–Crippen LogP) is 6.70. The number of aryl methyl sites for hydroxylation is 2. The maximum absolute atomic E-state index is 13.3. The molecule has 57 heavy (non-hydrogen) atoms. The van der Waals surface area contributed by atoms with E-state index in [9.17, 15) is 24.3 Å². The number of halogens is 1. The second kappa shape index (κ2) is 17.7. The van der Waals surface area contributed by atoms with Crippen LogP contribution in [0.5, 0.6) is 5.75 Å². The number of piperidine rings is 1. The van der Waals surface area contributed by atoms with Gasteiger partial charge in [0.05, 0.1) is 35.9 Å². The van der Waals surface area contributed by atoms with Crippen LogP contribution in [0, 0.1) is 20.8 Å². The van der Waals surface area contributed by atoms with Crippen LogP contribution >= 0.6 is 22.9 Å². The molecule has 0 saturated carbocycles. The van der Waals surface area contributed by atoms with Gasteiger partial charge in [-0.2, -0.15) is 0 Å². The van der Waals surface area contributed by atoms with E-state index in [4.69, 9.17) is 21.3 Å². The van der Waals surface area contributed by atoms with E-state index in [1.54, 1.807) is 29.5 Å². The highest BCUT2D eigenvalue weighted by Gasteiger charge is 2.46. The lowest BCUT2D eigenvalue weighted by molar-refractivity contribution is -0.129. The number of imide groups is 1.